The Morgan fingerprint density at radius 3 is 2.79 bits per heavy atom. The summed E-state index contributed by atoms with van der Waals surface area (Å²) >= 11 is 6.06. The van der Waals surface area contributed by atoms with E-state index in [-0.39, 0.29) is 0 Å². The summed E-state index contributed by atoms with van der Waals surface area (Å²) in [5, 5.41) is 4.10. The van der Waals surface area contributed by atoms with Crippen molar-refractivity contribution in [2.75, 3.05) is 20.8 Å². The number of carbonyl (C=O) groups is 1. The number of halogens is 1. The lowest BCUT2D eigenvalue weighted by atomic mass is 10.2. The average molecular weight is 287 g/mol. The Labute approximate surface area is 116 Å². The molecule has 7 heteroatoms. The first-order chi connectivity index (χ1) is 9.12. The van der Waals surface area contributed by atoms with E-state index in [1.165, 1.54) is 20.4 Å². The number of hydrogen-bond donors (Lipinski definition) is 1. The van der Waals surface area contributed by atoms with Gasteiger partial charge >= 0.3 is 6.09 Å². The van der Waals surface area contributed by atoms with E-state index in [4.69, 9.17) is 21.1 Å². The normalized spacial score (nSPS) is 10.3. The highest BCUT2D eigenvalue weighted by atomic mass is 35.5. The predicted octanol–water partition coefficient (Wildman–Crippen LogP) is 2.44. The van der Waals surface area contributed by atoms with Crippen molar-refractivity contribution in [3.05, 3.63) is 22.7 Å². The van der Waals surface area contributed by atoms with Crippen LogP contribution in [0.1, 0.15) is 12.5 Å². The fourth-order valence-corrected chi connectivity index (χ4v) is 1.62. The third-order valence-corrected chi connectivity index (χ3v) is 2.37. The van der Waals surface area contributed by atoms with Crippen molar-refractivity contribution in [3.8, 4) is 11.5 Å². The number of nitrogens with one attached hydrogen (secondary N) is 1. The van der Waals surface area contributed by atoms with E-state index in [2.05, 4.69) is 15.3 Å². The highest BCUT2D eigenvalue weighted by Gasteiger charge is 2.10. The van der Waals surface area contributed by atoms with Gasteiger partial charge in [-0.3, -0.25) is 0 Å². The summed E-state index contributed by atoms with van der Waals surface area (Å²) in [7, 11) is 2.76. The molecule has 0 spiro atoms. The minimum atomic E-state index is -0.652. The van der Waals surface area contributed by atoms with Crippen LogP contribution in [0.5, 0.6) is 11.5 Å². The van der Waals surface area contributed by atoms with Gasteiger partial charge in [-0.05, 0) is 24.6 Å². The van der Waals surface area contributed by atoms with E-state index in [9.17, 15) is 4.79 Å². The second-order valence-electron chi connectivity index (χ2n) is 3.33. The monoisotopic (exact) mass is 286 g/mol. The van der Waals surface area contributed by atoms with Gasteiger partial charge in [0, 0.05) is 0 Å². The van der Waals surface area contributed by atoms with E-state index in [0.29, 0.717) is 28.7 Å². The molecule has 0 heterocycles. The second kappa shape index (κ2) is 7.48. The number of carbonyl (C=O) groups excluding carboxylic acids is 1. The standard InChI is InChI=1S/C12H15ClN2O4/c1-4-19-10-6-8(5-9(13)11(10)17-2)7-14-15-12(16)18-3/h5-7H,4H2,1-3H3,(H,15,16)/b14-7-. The smallest absolute Gasteiger partial charge is 0.427 e. The van der Waals surface area contributed by atoms with Crippen LogP contribution in [0.15, 0.2) is 17.2 Å². The maximum absolute atomic E-state index is 10.8. The van der Waals surface area contributed by atoms with Crippen molar-refractivity contribution < 1.29 is 19.0 Å². The zero-order valence-corrected chi connectivity index (χ0v) is 11.7. The molecule has 1 rings (SSSR count). The van der Waals surface area contributed by atoms with Gasteiger partial charge in [0.05, 0.1) is 32.1 Å². The van der Waals surface area contributed by atoms with E-state index >= 15 is 0 Å². The first kappa shape index (κ1) is 15.1. The maximum atomic E-state index is 10.8. The molecule has 0 atom stereocenters. The van der Waals surface area contributed by atoms with Crippen molar-refractivity contribution in [2.24, 2.45) is 5.10 Å². The summed E-state index contributed by atoms with van der Waals surface area (Å²) < 4.78 is 14.9. The molecule has 1 N–H and O–H groups in total. The van der Waals surface area contributed by atoms with Crippen molar-refractivity contribution in [1.82, 2.24) is 5.43 Å². The van der Waals surface area contributed by atoms with Crippen LogP contribution in [0.2, 0.25) is 5.02 Å². The van der Waals surface area contributed by atoms with Crippen LogP contribution >= 0.6 is 11.6 Å². The molecule has 6 nitrogen and oxygen atoms in total. The third-order valence-electron chi connectivity index (χ3n) is 2.09. The van der Waals surface area contributed by atoms with Crippen LogP contribution in [-0.2, 0) is 4.74 Å². The molecule has 0 aliphatic rings. The summed E-state index contributed by atoms with van der Waals surface area (Å²) in [4.78, 5) is 10.8. The van der Waals surface area contributed by atoms with E-state index in [1.807, 2.05) is 6.92 Å². The number of hydrogen-bond acceptors (Lipinski definition) is 5. The largest absolute Gasteiger partial charge is 0.491 e. The van der Waals surface area contributed by atoms with Gasteiger partial charge in [0.25, 0.3) is 0 Å². The van der Waals surface area contributed by atoms with Gasteiger partial charge in [-0.1, -0.05) is 11.6 Å². The van der Waals surface area contributed by atoms with Gasteiger partial charge in [0.2, 0.25) is 0 Å². The second-order valence-corrected chi connectivity index (χ2v) is 3.74. The lowest BCUT2D eigenvalue weighted by Gasteiger charge is -2.11. The van der Waals surface area contributed by atoms with E-state index in [1.54, 1.807) is 12.1 Å². The molecule has 0 aromatic heterocycles. The van der Waals surface area contributed by atoms with Gasteiger partial charge in [0.15, 0.2) is 11.5 Å². The molecule has 1 aromatic carbocycles. The number of hydrazone groups is 1. The number of benzene rings is 1. The van der Waals surface area contributed by atoms with Crippen LogP contribution in [-0.4, -0.2) is 33.1 Å². The van der Waals surface area contributed by atoms with Crippen LogP contribution in [0.4, 0.5) is 4.79 Å². The number of ether oxygens (including phenoxy) is 3. The Balaban J connectivity index is 2.93. The first-order valence-electron chi connectivity index (χ1n) is 5.49. The fraction of sp³-hybridized carbons (Fsp3) is 0.333. The molecule has 1 amide bonds. The Kier molecular flexibility index (Phi) is 5.95. The molecule has 0 unspecified atom stereocenters. The van der Waals surface area contributed by atoms with Gasteiger partial charge < -0.3 is 14.2 Å². The molecule has 0 saturated heterocycles. The lowest BCUT2D eigenvalue weighted by Crippen LogP contribution is -2.16. The van der Waals surface area contributed by atoms with Gasteiger partial charge in [-0.25, -0.2) is 10.2 Å². The molecule has 1 aromatic rings. The number of rotatable bonds is 5. The van der Waals surface area contributed by atoms with Gasteiger partial charge in [-0.2, -0.15) is 5.10 Å². The van der Waals surface area contributed by atoms with Crippen molar-refractivity contribution in [1.29, 1.82) is 0 Å². The molecule has 104 valence electrons. The van der Waals surface area contributed by atoms with Crippen molar-refractivity contribution in [3.63, 3.8) is 0 Å². The summed E-state index contributed by atoms with van der Waals surface area (Å²) in [6.45, 7) is 2.33. The molecule has 0 aliphatic carbocycles. The quantitative estimate of drug-likeness (QED) is 0.667. The van der Waals surface area contributed by atoms with Crippen LogP contribution in [0, 0.1) is 0 Å². The minimum absolute atomic E-state index is 0.396. The number of amides is 1. The Bertz CT molecular complexity index is 477. The minimum Gasteiger partial charge on any atom is -0.491 e. The topological polar surface area (TPSA) is 69.2 Å². The molecule has 0 bridgehead atoms. The molecule has 0 fully saturated rings. The molecular formula is C12H15ClN2O4. The number of methoxy groups -OCH3 is 2. The van der Waals surface area contributed by atoms with Crippen molar-refractivity contribution in [2.45, 2.75) is 6.92 Å². The summed E-state index contributed by atoms with van der Waals surface area (Å²) in [6, 6.07) is 3.35. The molecule has 0 aliphatic heterocycles. The zero-order valence-electron chi connectivity index (χ0n) is 10.9. The van der Waals surface area contributed by atoms with Gasteiger partial charge in [0.1, 0.15) is 0 Å². The highest BCUT2D eigenvalue weighted by molar-refractivity contribution is 6.32. The van der Waals surface area contributed by atoms with Gasteiger partial charge in [-0.15, -0.1) is 0 Å². The van der Waals surface area contributed by atoms with Crippen molar-refractivity contribution >= 4 is 23.9 Å². The lowest BCUT2D eigenvalue weighted by molar-refractivity contribution is 0.171. The van der Waals surface area contributed by atoms with Crippen LogP contribution in [0.3, 0.4) is 0 Å². The Hall–Kier alpha value is -1.95. The predicted molar refractivity (Wildman–Crippen MR) is 72.3 cm³/mol. The molecular weight excluding hydrogens is 272 g/mol. The van der Waals surface area contributed by atoms with E-state index < -0.39 is 6.09 Å². The molecule has 0 radical (unpaired) electrons. The summed E-state index contributed by atoms with van der Waals surface area (Å²) in [5.74, 6) is 0.971. The maximum Gasteiger partial charge on any atom is 0.427 e. The molecule has 0 saturated carbocycles. The highest BCUT2D eigenvalue weighted by Crippen LogP contribution is 2.35. The van der Waals surface area contributed by atoms with Crippen LogP contribution in [0.25, 0.3) is 0 Å². The Morgan fingerprint density at radius 1 is 1.47 bits per heavy atom. The SMILES string of the molecule is CCOc1cc(/C=N\NC(=O)OC)cc(Cl)c1OC. The summed E-state index contributed by atoms with van der Waals surface area (Å²) in [5.41, 5.74) is 2.83. The Morgan fingerprint density at radius 2 is 2.21 bits per heavy atom. The molecule has 19 heavy (non-hydrogen) atoms. The zero-order chi connectivity index (χ0) is 14.3. The first-order valence-corrected chi connectivity index (χ1v) is 5.87. The van der Waals surface area contributed by atoms with E-state index in [0.717, 1.165) is 0 Å². The summed E-state index contributed by atoms with van der Waals surface area (Å²) in [6.07, 6.45) is 0.769. The average Bonchev–Trinajstić information content (AvgIpc) is 2.38. The fourth-order valence-electron chi connectivity index (χ4n) is 1.33. The number of nitrogens with zero attached hydrogens (tertiary/aromatic N) is 1. The third kappa shape index (κ3) is 4.33. The van der Waals surface area contributed by atoms with Crippen LogP contribution < -0.4 is 14.9 Å².